The van der Waals surface area contributed by atoms with Crippen LogP contribution in [0.5, 0.6) is 0 Å². The molecule has 1 aliphatic rings. The van der Waals surface area contributed by atoms with Gasteiger partial charge in [0.2, 0.25) is 0 Å². The molecule has 1 saturated heterocycles. The average Bonchev–Trinajstić information content (AvgIpc) is 2.78. The fourth-order valence-corrected chi connectivity index (χ4v) is 4.20. The minimum Gasteiger partial charge on any atom is -0.377 e. The lowest BCUT2D eigenvalue weighted by atomic mass is 9.87. The van der Waals surface area contributed by atoms with E-state index in [-0.39, 0.29) is 0 Å². The Labute approximate surface area is 104 Å². The molecular weight excluding hydrogens is 224 g/mol. The van der Waals surface area contributed by atoms with Crippen molar-refractivity contribution in [2.75, 3.05) is 23.9 Å². The van der Waals surface area contributed by atoms with Crippen LogP contribution in [0, 0.1) is 5.41 Å². The number of hydrogen-bond donors (Lipinski definition) is 1. The molecule has 0 aromatic rings. The van der Waals surface area contributed by atoms with Crippen LogP contribution in [-0.4, -0.2) is 30.0 Å². The molecular formula is C12H24OS2. The van der Waals surface area contributed by atoms with Gasteiger partial charge in [-0.3, -0.25) is 0 Å². The smallest absolute Gasteiger partial charge is 0.0666 e. The molecule has 0 radical (unpaired) electrons. The van der Waals surface area contributed by atoms with Gasteiger partial charge in [-0.1, -0.05) is 13.8 Å². The molecule has 0 saturated carbocycles. The third-order valence-electron chi connectivity index (χ3n) is 3.57. The summed E-state index contributed by atoms with van der Waals surface area (Å²) in [6.45, 7) is 5.54. The van der Waals surface area contributed by atoms with Crippen molar-refractivity contribution in [3.05, 3.63) is 0 Å². The van der Waals surface area contributed by atoms with Gasteiger partial charge in [-0.2, -0.15) is 24.4 Å². The van der Waals surface area contributed by atoms with Gasteiger partial charge in [-0.25, -0.2) is 0 Å². The predicted octanol–water partition coefficient (Wildman–Crippen LogP) is 3.63. The molecule has 1 aliphatic heterocycles. The molecule has 0 aromatic heterocycles. The van der Waals surface area contributed by atoms with Gasteiger partial charge in [-0.15, -0.1) is 0 Å². The summed E-state index contributed by atoms with van der Waals surface area (Å²) >= 11 is 6.56. The van der Waals surface area contributed by atoms with Gasteiger partial charge in [0.25, 0.3) is 0 Å². The first kappa shape index (κ1) is 13.7. The van der Waals surface area contributed by atoms with Gasteiger partial charge in [0.1, 0.15) is 0 Å². The molecule has 0 amide bonds. The first-order chi connectivity index (χ1) is 7.26. The first-order valence-corrected chi connectivity index (χ1v) is 7.85. The quantitative estimate of drug-likeness (QED) is 0.689. The maximum atomic E-state index is 5.63. The Bertz CT molecular complexity index is 155. The van der Waals surface area contributed by atoms with Crippen molar-refractivity contribution in [2.24, 2.45) is 5.41 Å². The Balaban J connectivity index is 2.21. The highest BCUT2D eigenvalue weighted by molar-refractivity contribution is 7.99. The summed E-state index contributed by atoms with van der Waals surface area (Å²) in [5.41, 5.74) is 0.451. The van der Waals surface area contributed by atoms with Crippen molar-refractivity contribution < 1.29 is 4.74 Å². The third kappa shape index (κ3) is 4.20. The number of rotatable bonds is 7. The monoisotopic (exact) mass is 248 g/mol. The zero-order valence-electron chi connectivity index (χ0n) is 10.00. The molecule has 1 atom stereocenters. The molecule has 90 valence electrons. The predicted molar refractivity (Wildman–Crippen MR) is 73.2 cm³/mol. The highest BCUT2D eigenvalue weighted by Gasteiger charge is 2.25. The van der Waals surface area contributed by atoms with Crippen LogP contribution in [0.15, 0.2) is 0 Å². The van der Waals surface area contributed by atoms with E-state index in [0.717, 1.165) is 12.4 Å². The Morgan fingerprint density at radius 1 is 1.40 bits per heavy atom. The van der Waals surface area contributed by atoms with E-state index in [4.69, 9.17) is 4.74 Å². The van der Waals surface area contributed by atoms with E-state index in [1.807, 2.05) is 0 Å². The molecule has 1 heterocycles. The minimum absolute atomic E-state index is 0.451. The highest BCUT2D eigenvalue weighted by atomic mass is 32.2. The summed E-state index contributed by atoms with van der Waals surface area (Å²) < 4.78 is 5.63. The van der Waals surface area contributed by atoms with Crippen LogP contribution in [0.1, 0.15) is 39.5 Å². The zero-order valence-corrected chi connectivity index (χ0v) is 11.7. The molecule has 1 fully saturated rings. The van der Waals surface area contributed by atoms with Crippen LogP contribution < -0.4 is 0 Å². The minimum atomic E-state index is 0.451. The van der Waals surface area contributed by atoms with Gasteiger partial charge in [0.15, 0.2) is 0 Å². The lowest BCUT2D eigenvalue weighted by Gasteiger charge is -2.29. The van der Waals surface area contributed by atoms with Gasteiger partial charge in [0.05, 0.1) is 6.10 Å². The SMILES string of the molecule is CCC(CC)(CS)CSCC1CCCO1. The van der Waals surface area contributed by atoms with Crippen LogP contribution in [0.2, 0.25) is 0 Å². The van der Waals surface area contributed by atoms with E-state index in [9.17, 15) is 0 Å². The molecule has 3 heteroatoms. The van der Waals surface area contributed by atoms with E-state index < -0.39 is 0 Å². The number of thiol groups is 1. The molecule has 0 bridgehead atoms. The van der Waals surface area contributed by atoms with Crippen LogP contribution in [0.4, 0.5) is 0 Å². The topological polar surface area (TPSA) is 9.23 Å². The molecule has 1 nitrogen and oxygen atoms in total. The summed E-state index contributed by atoms with van der Waals surface area (Å²) in [6, 6.07) is 0. The van der Waals surface area contributed by atoms with Crippen molar-refractivity contribution in [1.82, 2.24) is 0 Å². The van der Waals surface area contributed by atoms with Crippen molar-refractivity contribution >= 4 is 24.4 Å². The van der Waals surface area contributed by atoms with E-state index >= 15 is 0 Å². The summed E-state index contributed by atoms with van der Waals surface area (Å²) in [6.07, 6.45) is 5.53. The van der Waals surface area contributed by atoms with E-state index in [2.05, 4.69) is 38.2 Å². The van der Waals surface area contributed by atoms with Gasteiger partial charge in [-0.05, 0) is 42.6 Å². The molecule has 0 aromatic carbocycles. The second-order valence-electron chi connectivity index (χ2n) is 4.52. The van der Waals surface area contributed by atoms with E-state index in [0.29, 0.717) is 11.5 Å². The first-order valence-electron chi connectivity index (χ1n) is 6.06. The van der Waals surface area contributed by atoms with Crippen LogP contribution in [-0.2, 0) is 4.74 Å². The Morgan fingerprint density at radius 2 is 2.13 bits per heavy atom. The van der Waals surface area contributed by atoms with Crippen molar-refractivity contribution in [1.29, 1.82) is 0 Å². The molecule has 0 spiro atoms. The van der Waals surface area contributed by atoms with Gasteiger partial charge < -0.3 is 4.74 Å². The zero-order chi connectivity index (χ0) is 11.1. The lowest BCUT2D eigenvalue weighted by molar-refractivity contribution is 0.128. The maximum absolute atomic E-state index is 5.63. The van der Waals surface area contributed by atoms with Crippen LogP contribution >= 0.6 is 24.4 Å². The summed E-state index contributed by atoms with van der Waals surface area (Å²) in [7, 11) is 0. The number of hydrogen-bond acceptors (Lipinski definition) is 3. The molecule has 1 rings (SSSR count). The Kier molecular flexibility index (Phi) is 6.48. The van der Waals surface area contributed by atoms with E-state index in [1.165, 1.54) is 37.2 Å². The highest BCUT2D eigenvalue weighted by Crippen LogP contribution is 2.32. The summed E-state index contributed by atoms with van der Waals surface area (Å²) in [4.78, 5) is 0. The molecule has 0 aliphatic carbocycles. The van der Waals surface area contributed by atoms with Crippen molar-refractivity contribution in [3.8, 4) is 0 Å². The van der Waals surface area contributed by atoms with Gasteiger partial charge in [0, 0.05) is 12.4 Å². The maximum Gasteiger partial charge on any atom is 0.0666 e. The lowest BCUT2D eigenvalue weighted by Crippen LogP contribution is -2.25. The van der Waals surface area contributed by atoms with Gasteiger partial charge >= 0.3 is 0 Å². The Morgan fingerprint density at radius 3 is 2.60 bits per heavy atom. The molecule has 1 unspecified atom stereocenters. The van der Waals surface area contributed by atoms with Crippen molar-refractivity contribution in [2.45, 2.75) is 45.6 Å². The second-order valence-corrected chi connectivity index (χ2v) is 5.86. The van der Waals surface area contributed by atoms with Crippen LogP contribution in [0.3, 0.4) is 0 Å². The molecule has 15 heavy (non-hydrogen) atoms. The number of ether oxygens (including phenoxy) is 1. The average molecular weight is 248 g/mol. The van der Waals surface area contributed by atoms with Crippen molar-refractivity contribution in [3.63, 3.8) is 0 Å². The molecule has 0 N–H and O–H groups in total. The summed E-state index contributed by atoms with van der Waals surface area (Å²) in [5.74, 6) is 3.43. The standard InChI is InChI=1S/C12H24OS2/c1-3-12(4-2,9-14)10-15-8-11-6-5-7-13-11/h11,14H,3-10H2,1-2H3. The van der Waals surface area contributed by atoms with E-state index in [1.54, 1.807) is 0 Å². The van der Waals surface area contributed by atoms with Crippen LogP contribution in [0.25, 0.3) is 0 Å². The second kappa shape index (κ2) is 7.08. The largest absolute Gasteiger partial charge is 0.377 e. The Hall–Kier alpha value is 0.660. The fraction of sp³-hybridized carbons (Fsp3) is 1.00. The summed E-state index contributed by atoms with van der Waals surface area (Å²) in [5, 5.41) is 0. The normalized spacial score (nSPS) is 22.2. The third-order valence-corrected chi connectivity index (χ3v) is 5.67. The number of thioether (sulfide) groups is 1. The fourth-order valence-electron chi connectivity index (χ4n) is 1.91.